The maximum absolute atomic E-state index is 12.2. The summed E-state index contributed by atoms with van der Waals surface area (Å²) in [5.41, 5.74) is 7.92. The maximum atomic E-state index is 12.2. The van der Waals surface area contributed by atoms with Crippen LogP contribution in [-0.4, -0.2) is 21.4 Å². The van der Waals surface area contributed by atoms with Crippen molar-refractivity contribution in [1.29, 1.82) is 0 Å². The van der Waals surface area contributed by atoms with Crippen LogP contribution in [0.3, 0.4) is 0 Å². The molecule has 0 bridgehead atoms. The van der Waals surface area contributed by atoms with Gasteiger partial charge in [-0.1, -0.05) is 20.8 Å². The Labute approximate surface area is 124 Å². The molecule has 0 atom stereocenters. The number of rotatable bonds is 2. The van der Waals surface area contributed by atoms with Crippen LogP contribution in [0.4, 0.5) is 5.69 Å². The summed E-state index contributed by atoms with van der Waals surface area (Å²) in [5, 5.41) is 2.91. The third-order valence-electron chi connectivity index (χ3n) is 4.15. The molecular weight excluding hydrogens is 264 g/mol. The van der Waals surface area contributed by atoms with E-state index in [1.807, 2.05) is 18.2 Å². The molecular formula is C16H22N4O. The smallest absolute Gasteiger partial charge is 0.244 e. The minimum atomic E-state index is -0.681. The van der Waals surface area contributed by atoms with Crippen LogP contribution in [-0.2, 0) is 10.2 Å². The number of carbonyl (C=O) groups is 1. The van der Waals surface area contributed by atoms with Gasteiger partial charge in [0.2, 0.25) is 5.91 Å². The molecule has 1 aromatic carbocycles. The molecule has 2 aromatic rings. The Balaban J connectivity index is 1.85. The number of fused-ring (bicyclic) bond motifs is 1. The van der Waals surface area contributed by atoms with Crippen molar-refractivity contribution in [2.45, 2.75) is 51.0 Å². The fourth-order valence-electron chi connectivity index (χ4n) is 2.48. The average molecular weight is 286 g/mol. The molecule has 1 heterocycles. The third kappa shape index (κ3) is 2.53. The Morgan fingerprint density at radius 1 is 1.38 bits per heavy atom. The molecule has 0 aliphatic heterocycles. The highest BCUT2D eigenvalue weighted by atomic mass is 16.2. The molecule has 21 heavy (non-hydrogen) atoms. The van der Waals surface area contributed by atoms with Gasteiger partial charge in [0, 0.05) is 11.1 Å². The zero-order valence-electron chi connectivity index (χ0n) is 12.8. The summed E-state index contributed by atoms with van der Waals surface area (Å²) < 4.78 is 0. The first-order valence-electron chi connectivity index (χ1n) is 7.39. The van der Waals surface area contributed by atoms with Crippen molar-refractivity contribution in [2.75, 3.05) is 5.32 Å². The number of aromatic amines is 1. The summed E-state index contributed by atoms with van der Waals surface area (Å²) in [4.78, 5) is 20.1. The zero-order chi connectivity index (χ0) is 15.3. The van der Waals surface area contributed by atoms with Gasteiger partial charge in [-0.25, -0.2) is 4.98 Å². The van der Waals surface area contributed by atoms with Gasteiger partial charge in [-0.2, -0.15) is 0 Å². The Kier molecular flexibility index (Phi) is 3.06. The highest BCUT2D eigenvalue weighted by Gasteiger charge is 2.40. The van der Waals surface area contributed by atoms with E-state index in [2.05, 4.69) is 36.1 Å². The number of aromatic nitrogens is 2. The topological polar surface area (TPSA) is 83.8 Å². The lowest BCUT2D eigenvalue weighted by Gasteiger charge is -2.36. The van der Waals surface area contributed by atoms with Crippen molar-refractivity contribution in [1.82, 2.24) is 9.97 Å². The number of nitrogens with zero attached hydrogens (tertiary/aromatic N) is 1. The van der Waals surface area contributed by atoms with E-state index >= 15 is 0 Å². The lowest BCUT2D eigenvalue weighted by atomic mass is 9.77. The number of imidazole rings is 1. The quantitative estimate of drug-likeness (QED) is 0.793. The molecule has 0 spiro atoms. The fourth-order valence-corrected chi connectivity index (χ4v) is 2.48. The summed E-state index contributed by atoms with van der Waals surface area (Å²) in [6, 6.07) is 5.70. The van der Waals surface area contributed by atoms with Crippen LogP contribution < -0.4 is 11.1 Å². The second kappa shape index (κ2) is 4.56. The molecule has 1 fully saturated rings. The van der Waals surface area contributed by atoms with Crippen LogP contribution in [0.1, 0.15) is 45.9 Å². The van der Waals surface area contributed by atoms with Crippen LogP contribution in [0, 0.1) is 0 Å². The van der Waals surface area contributed by atoms with E-state index in [0.29, 0.717) is 0 Å². The molecule has 5 heteroatoms. The molecule has 112 valence electrons. The minimum absolute atomic E-state index is 0.0321. The van der Waals surface area contributed by atoms with Crippen molar-refractivity contribution in [3.63, 3.8) is 0 Å². The molecule has 5 nitrogen and oxygen atoms in total. The van der Waals surface area contributed by atoms with Gasteiger partial charge in [-0.3, -0.25) is 4.79 Å². The third-order valence-corrected chi connectivity index (χ3v) is 4.15. The van der Waals surface area contributed by atoms with Gasteiger partial charge in [-0.15, -0.1) is 0 Å². The molecule has 0 saturated heterocycles. The standard InChI is InChI=1S/C16H22N4O/c1-15(2,3)13-19-11-6-5-10(9-12(11)20-13)18-14(21)16(17)7-4-8-16/h5-6,9H,4,7-8,17H2,1-3H3,(H,18,21)(H,19,20). The largest absolute Gasteiger partial charge is 0.341 e. The number of carbonyl (C=O) groups excluding carboxylic acids is 1. The lowest BCUT2D eigenvalue weighted by molar-refractivity contribution is -0.123. The summed E-state index contributed by atoms with van der Waals surface area (Å²) in [6.45, 7) is 6.34. The Morgan fingerprint density at radius 2 is 2.10 bits per heavy atom. The number of hydrogen-bond donors (Lipinski definition) is 3. The van der Waals surface area contributed by atoms with Crippen molar-refractivity contribution < 1.29 is 4.79 Å². The van der Waals surface area contributed by atoms with Gasteiger partial charge in [0.25, 0.3) is 0 Å². The molecule has 1 aromatic heterocycles. The number of benzene rings is 1. The van der Waals surface area contributed by atoms with Crippen molar-refractivity contribution in [3.05, 3.63) is 24.0 Å². The Morgan fingerprint density at radius 3 is 2.67 bits per heavy atom. The van der Waals surface area contributed by atoms with Crippen LogP contribution in [0.5, 0.6) is 0 Å². The number of nitrogens with one attached hydrogen (secondary N) is 2. The molecule has 3 rings (SSSR count). The number of nitrogens with two attached hydrogens (primary N) is 1. The van der Waals surface area contributed by atoms with Gasteiger partial charge >= 0.3 is 0 Å². The van der Waals surface area contributed by atoms with Gasteiger partial charge in [0.05, 0.1) is 16.6 Å². The van der Waals surface area contributed by atoms with E-state index in [4.69, 9.17) is 5.73 Å². The number of hydrogen-bond acceptors (Lipinski definition) is 3. The van der Waals surface area contributed by atoms with Gasteiger partial charge in [0.15, 0.2) is 0 Å². The first-order chi connectivity index (χ1) is 9.78. The Bertz CT molecular complexity index is 692. The van der Waals surface area contributed by atoms with E-state index in [1.54, 1.807) is 0 Å². The number of amides is 1. The zero-order valence-corrected chi connectivity index (χ0v) is 12.8. The molecule has 1 aliphatic carbocycles. The fraction of sp³-hybridized carbons (Fsp3) is 0.500. The van der Waals surface area contributed by atoms with E-state index < -0.39 is 5.54 Å². The van der Waals surface area contributed by atoms with E-state index in [0.717, 1.165) is 41.8 Å². The van der Waals surface area contributed by atoms with E-state index in [9.17, 15) is 4.79 Å². The van der Waals surface area contributed by atoms with Crippen LogP contribution in [0.15, 0.2) is 18.2 Å². The van der Waals surface area contributed by atoms with E-state index in [1.165, 1.54) is 0 Å². The van der Waals surface area contributed by atoms with E-state index in [-0.39, 0.29) is 11.3 Å². The molecule has 0 unspecified atom stereocenters. The average Bonchev–Trinajstić information content (AvgIpc) is 2.78. The molecule has 1 amide bonds. The second-order valence-electron chi connectivity index (χ2n) is 7.03. The van der Waals surface area contributed by atoms with Gasteiger partial charge < -0.3 is 16.0 Å². The molecule has 1 aliphatic rings. The first-order valence-corrected chi connectivity index (χ1v) is 7.39. The second-order valence-corrected chi connectivity index (χ2v) is 7.03. The molecule has 0 radical (unpaired) electrons. The van der Waals surface area contributed by atoms with Crippen molar-refractivity contribution >= 4 is 22.6 Å². The maximum Gasteiger partial charge on any atom is 0.244 e. The number of H-pyrrole nitrogens is 1. The Hall–Kier alpha value is -1.88. The van der Waals surface area contributed by atoms with Crippen molar-refractivity contribution in [2.24, 2.45) is 5.73 Å². The SMILES string of the molecule is CC(C)(C)c1nc2ccc(NC(=O)C3(N)CCC3)cc2[nH]1. The highest BCUT2D eigenvalue weighted by Crippen LogP contribution is 2.31. The van der Waals surface area contributed by atoms with Gasteiger partial charge in [-0.05, 0) is 37.5 Å². The minimum Gasteiger partial charge on any atom is -0.341 e. The molecule has 1 saturated carbocycles. The summed E-state index contributed by atoms with van der Waals surface area (Å²) >= 11 is 0. The summed E-state index contributed by atoms with van der Waals surface area (Å²) in [6.07, 6.45) is 2.55. The molecule has 4 N–H and O–H groups in total. The van der Waals surface area contributed by atoms with Crippen molar-refractivity contribution in [3.8, 4) is 0 Å². The number of anilines is 1. The monoisotopic (exact) mass is 286 g/mol. The predicted octanol–water partition coefficient (Wildman–Crippen LogP) is 2.68. The van der Waals surface area contributed by atoms with Crippen LogP contribution in [0.2, 0.25) is 0 Å². The van der Waals surface area contributed by atoms with Gasteiger partial charge in [0.1, 0.15) is 5.82 Å². The van der Waals surface area contributed by atoms with Crippen LogP contribution in [0.25, 0.3) is 11.0 Å². The van der Waals surface area contributed by atoms with Crippen LogP contribution >= 0.6 is 0 Å². The predicted molar refractivity (Wildman–Crippen MR) is 84.2 cm³/mol. The summed E-state index contributed by atoms with van der Waals surface area (Å²) in [7, 11) is 0. The first kappa shape index (κ1) is 14.1. The lowest BCUT2D eigenvalue weighted by Crippen LogP contribution is -2.56. The normalized spacial score (nSPS) is 17.5. The summed E-state index contributed by atoms with van der Waals surface area (Å²) in [5.74, 6) is 0.846. The highest BCUT2D eigenvalue weighted by molar-refractivity contribution is 5.99.